The molecule has 0 fully saturated rings. The fraction of sp³-hybridized carbons (Fsp3) is 0.154. The van der Waals surface area contributed by atoms with Gasteiger partial charge in [0.1, 0.15) is 11.8 Å². The molecule has 2 heterocycles. The van der Waals surface area contributed by atoms with Gasteiger partial charge in [-0.05, 0) is 67.8 Å². The zero-order chi connectivity index (χ0) is 23.5. The molecule has 4 rings (SSSR count). The molecule has 0 spiro atoms. The number of aromatic nitrogens is 2. The monoisotopic (exact) mass is 456 g/mol. The van der Waals surface area contributed by atoms with E-state index < -0.39 is 5.97 Å². The molecule has 0 radical (unpaired) electrons. The normalized spacial score (nSPS) is 10.6. The number of hydrogen-bond acceptors (Lipinski definition) is 6. The summed E-state index contributed by atoms with van der Waals surface area (Å²) in [5.74, 6) is -0.575. The summed E-state index contributed by atoms with van der Waals surface area (Å²) in [5.41, 5.74) is 6.31. The smallest absolute Gasteiger partial charge is 0.358 e. The lowest BCUT2D eigenvalue weighted by Crippen LogP contribution is -2.10. The number of anilines is 2. The molecule has 6 nitrogen and oxygen atoms in total. The van der Waals surface area contributed by atoms with Crippen LogP contribution in [0.4, 0.5) is 11.4 Å². The van der Waals surface area contributed by atoms with Crippen LogP contribution in [0.3, 0.4) is 0 Å². The van der Waals surface area contributed by atoms with Crippen molar-refractivity contribution in [1.29, 1.82) is 5.26 Å². The van der Waals surface area contributed by atoms with E-state index in [-0.39, 0.29) is 17.3 Å². The van der Waals surface area contributed by atoms with E-state index >= 15 is 0 Å². The summed E-state index contributed by atoms with van der Waals surface area (Å²) < 4.78 is 5.17. The molecule has 2 aromatic heterocycles. The highest BCUT2D eigenvalue weighted by Crippen LogP contribution is 2.38. The molecular formula is C26H21ClN4O2. The summed E-state index contributed by atoms with van der Waals surface area (Å²) in [6.45, 7) is 5.97. The van der Waals surface area contributed by atoms with Crippen molar-refractivity contribution in [3.8, 4) is 17.2 Å². The van der Waals surface area contributed by atoms with Crippen molar-refractivity contribution >= 4 is 39.8 Å². The molecule has 0 amide bonds. The Morgan fingerprint density at radius 3 is 2.61 bits per heavy atom. The van der Waals surface area contributed by atoms with Crippen LogP contribution in [0.1, 0.15) is 34.2 Å². The molecule has 0 aliphatic heterocycles. The van der Waals surface area contributed by atoms with Crippen LogP contribution in [0, 0.1) is 25.2 Å². The third-order valence-electron chi connectivity index (χ3n) is 5.26. The van der Waals surface area contributed by atoms with Crippen LogP contribution < -0.4 is 5.32 Å². The summed E-state index contributed by atoms with van der Waals surface area (Å²) >= 11 is 6.72. The quantitative estimate of drug-likeness (QED) is 0.351. The van der Waals surface area contributed by atoms with Crippen molar-refractivity contribution in [2.75, 3.05) is 11.9 Å². The number of carbonyl (C=O) groups is 1. The number of nitriles is 1. The maximum atomic E-state index is 12.6. The van der Waals surface area contributed by atoms with Gasteiger partial charge in [-0.3, -0.25) is 0 Å². The predicted molar refractivity (Wildman–Crippen MR) is 130 cm³/mol. The minimum absolute atomic E-state index is 0.0617. The number of pyridine rings is 2. The van der Waals surface area contributed by atoms with Gasteiger partial charge in [-0.15, -0.1) is 0 Å². The van der Waals surface area contributed by atoms with E-state index in [4.69, 9.17) is 21.6 Å². The Bertz CT molecular complexity index is 1410. The van der Waals surface area contributed by atoms with Gasteiger partial charge in [0.05, 0.1) is 22.8 Å². The number of aryl methyl sites for hydroxylation is 2. The topological polar surface area (TPSA) is 87.9 Å². The van der Waals surface area contributed by atoms with E-state index in [9.17, 15) is 4.79 Å². The average molecular weight is 457 g/mol. The first-order valence-electron chi connectivity index (χ1n) is 10.4. The third kappa shape index (κ3) is 4.50. The number of halogens is 1. The number of nitrogens with zero attached hydrogens (tertiary/aromatic N) is 3. The van der Waals surface area contributed by atoms with Crippen LogP contribution in [-0.4, -0.2) is 22.5 Å². The fourth-order valence-electron chi connectivity index (χ4n) is 3.51. The lowest BCUT2D eigenvalue weighted by atomic mass is 10.0. The van der Waals surface area contributed by atoms with Crippen LogP contribution in [-0.2, 0) is 4.74 Å². The second kappa shape index (κ2) is 9.27. The van der Waals surface area contributed by atoms with Crippen molar-refractivity contribution in [2.45, 2.75) is 20.8 Å². The van der Waals surface area contributed by atoms with Crippen molar-refractivity contribution in [3.63, 3.8) is 0 Å². The number of esters is 1. The minimum atomic E-state index is -0.575. The molecule has 4 aromatic rings. The fourth-order valence-corrected chi connectivity index (χ4v) is 3.78. The van der Waals surface area contributed by atoms with Gasteiger partial charge >= 0.3 is 5.97 Å². The lowest BCUT2D eigenvalue weighted by Gasteiger charge is -2.17. The Kier molecular flexibility index (Phi) is 6.25. The second-order valence-electron chi connectivity index (χ2n) is 7.59. The van der Waals surface area contributed by atoms with E-state index in [0.717, 1.165) is 33.3 Å². The zero-order valence-electron chi connectivity index (χ0n) is 18.4. The van der Waals surface area contributed by atoms with Gasteiger partial charge < -0.3 is 10.1 Å². The van der Waals surface area contributed by atoms with Gasteiger partial charge in [-0.2, -0.15) is 5.26 Å². The second-order valence-corrected chi connectivity index (χ2v) is 7.97. The maximum Gasteiger partial charge on any atom is 0.358 e. The van der Waals surface area contributed by atoms with Crippen molar-refractivity contribution in [1.82, 2.24) is 9.97 Å². The molecule has 2 aromatic carbocycles. The first-order chi connectivity index (χ1) is 15.9. The highest BCUT2D eigenvalue weighted by atomic mass is 35.5. The molecule has 164 valence electrons. The van der Waals surface area contributed by atoms with Gasteiger partial charge in [0.25, 0.3) is 0 Å². The number of hydrogen-bond donors (Lipinski definition) is 1. The number of rotatable bonds is 5. The van der Waals surface area contributed by atoms with Crippen LogP contribution in [0.5, 0.6) is 0 Å². The van der Waals surface area contributed by atoms with Gasteiger partial charge in [0.2, 0.25) is 0 Å². The Morgan fingerprint density at radius 2 is 1.91 bits per heavy atom. The Hall–Kier alpha value is -3.95. The van der Waals surface area contributed by atoms with Gasteiger partial charge in [0.15, 0.2) is 5.69 Å². The van der Waals surface area contributed by atoms with Gasteiger partial charge in [0, 0.05) is 22.8 Å². The SMILES string of the molecule is CCOC(=O)c1nc2ccc(-c3ccc(C#N)nc3)cc2c(Nc2cc(C)ccc2C)c1Cl. The number of ether oxygens (including phenoxy) is 1. The zero-order valence-corrected chi connectivity index (χ0v) is 19.2. The summed E-state index contributed by atoms with van der Waals surface area (Å²) in [5, 5.41) is 13.4. The minimum Gasteiger partial charge on any atom is -0.461 e. The highest BCUT2D eigenvalue weighted by Gasteiger charge is 2.21. The standard InChI is InChI=1S/C26H21ClN4O2/c1-4-33-26(32)25-23(27)24(31-22-11-15(2)5-6-16(22)3)20-12-17(8-10-21(20)30-25)18-7-9-19(13-28)29-14-18/h5-12,14H,4H2,1-3H3,(H,30,31). The molecule has 0 unspecified atom stereocenters. The molecule has 7 heteroatoms. The highest BCUT2D eigenvalue weighted by molar-refractivity contribution is 6.37. The molecule has 1 N–H and O–H groups in total. The summed E-state index contributed by atoms with van der Waals surface area (Å²) in [4.78, 5) is 21.2. The van der Waals surface area contributed by atoms with Crippen LogP contribution in [0.25, 0.3) is 22.0 Å². The Labute approximate surface area is 196 Å². The summed E-state index contributed by atoms with van der Waals surface area (Å²) in [7, 11) is 0. The van der Waals surface area contributed by atoms with Gasteiger partial charge in [-0.1, -0.05) is 29.8 Å². The summed E-state index contributed by atoms with van der Waals surface area (Å²) in [6, 6.07) is 17.3. The van der Waals surface area contributed by atoms with Gasteiger partial charge in [-0.25, -0.2) is 14.8 Å². The first kappa shape index (κ1) is 22.3. The summed E-state index contributed by atoms with van der Waals surface area (Å²) in [6.07, 6.45) is 1.65. The van der Waals surface area contributed by atoms with Crippen LogP contribution in [0.2, 0.25) is 5.02 Å². The number of benzene rings is 2. The van der Waals surface area contributed by atoms with Crippen LogP contribution in [0.15, 0.2) is 54.7 Å². The van der Waals surface area contributed by atoms with Crippen molar-refractivity contribution < 1.29 is 9.53 Å². The molecule has 0 aliphatic carbocycles. The first-order valence-corrected chi connectivity index (χ1v) is 10.8. The number of fused-ring (bicyclic) bond motifs is 1. The van der Waals surface area contributed by atoms with E-state index in [1.807, 2.05) is 62.4 Å². The Balaban J connectivity index is 1.92. The molecule has 33 heavy (non-hydrogen) atoms. The molecular weight excluding hydrogens is 436 g/mol. The van der Waals surface area contributed by atoms with Crippen molar-refractivity contribution in [3.05, 3.63) is 82.3 Å². The Morgan fingerprint density at radius 1 is 1.12 bits per heavy atom. The largest absolute Gasteiger partial charge is 0.461 e. The molecule has 0 saturated heterocycles. The average Bonchev–Trinajstić information content (AvgIpc) is 2.82. The molecule has 0 bridgehead atoms. The molecule has 0 aliphatic rings. The molecule has 0 atom stereocenters. The third-order valence-corrected chi connectivity index (χ3v) is 5.63. The predicted octanol–water partition coefficient (Wildman–Crippen LogP) is 6.36. The van der Waals surface area contributed by atoms with Crippen LogP contribution >= 0.6 is 11.6 Å². The lowest BCUT2D eigenvalue weighted by molar-refractivity contribution is 0.0520. The van der Waals surface area contributed by atoms with E-state index in [1.165, 1.54) is 0 Å². The van der Waals surface area contributed by atoms with E-state index in [1.54, 1.807) is 19.2 Å². The van der Waals surface area contributed by atoms with E-state index in [0.29, 0.717) is 16.9 Å². The van der Waals surface area contributed by atoms with E-state index in [2.05, 4.69) is 15.3 Å². The number of carbonyl (C=O) groups excluding carboxylic acids is 1. The number of nitrogens with one attached hydrogen (secondary N) is 1. The molecule has 0 saturated carbocycles. The maximum absolute atomic E-state index is 12.6. The van der Waals surface area contributed by atoms with Crippen molar-refractivity contribution in [2.24, 2.45) is 0 Å².